The highest BCUT2D eigenvalue weighted by Crippen LogP contribution is 2.28. The molecule has 0 radical (unpaired) electrons. The monoisotopic (exact) mass is 251 g/mol. The van der Waals surface area contributed by atoms with Gasteiger partial charge >= 0.3 is 0 Å². The van der Waals surface area contributed by atoms with E-state index >= 15 is 0 Å². The van der Waals surface area contributed by atoms with Gasteiger partial charge in [0, 0.05) is 0 Å². The number of aliphatic hydroxyl groups excluding tert-OH is 1. The molecule has 1 atom stereocenters. The summed E-state index contributed by atoms with van der Waals surface area (Å²) in [6.07, 6.45) is 1.88. The van der Waals surface area contributed by atoms with E-state index in [-0.39, 0.29) is 6.10 Å². The third-order valence-corrected chi connectivity index (χ3v) is 2.97. The summed E-state index contributed by atoms with van der Waals surface area (Å²) in [4.78, 5) is 0. The molecule has 18 heavy (non-hydrogen) atoms. The van der Waals surface area contributed by atoms with Crippen LogP contribution in [0, 0.1) is 5.92 Å². The van der Waals surface area contributed by atoms with Crippen LogP contribution in [0.25, 0.3) is 0 Å². The summed E-state index contributed by atoms with van der Waals surface area (Å²) in [6, 6.07) is 9.97. The van der Waals surface area contributed by atoms with E-state index < -0.39 is 0 Å². The summed E-state index contributed by atoms with van der Waals surface area (Å²) in [5.74, 6) is 0.429. The average Bonchev–Trinajstić information content (AvgIpc) is 2.52. The first kappa shape index (κ1) is 17.1. The van der Waals surface area contributed by atoms with Crippen molar-refractivity contribution in [3.05, 3.63) is 35.9 Å². The second kappa shape index (κ2) is 11.2. The molecule has 1 heterocycles. The molecule has 0 spiro atoms. The molecule has 0 aromatic heterocycles. The number of rotatable bonds is 2. The van der Waals surface area contributed by atoms with Crippen LogP contribution in [0.5, 0.6) is 0 Å². The first-order chi connectivity index (χ1) is 8.88. The Bertz CT molecular complexity index is 268. The molecule has 1 aliphatic heterocycles. The zero-order valence-corrected chi connectivity index (χ0v) is 12.3. The molecule has 1 aromatic rings. The van der Waals surface area contributed by atoms with Crippen molar-refractivity contribution < 1.29 is 5.11 Å². The van der Waals surface area contributed by atoms with Crippen LogP contribution in [0.1, 0.15) is 52.2 Å². The summed E-state index contributed by atoms with van der Waals surface area (Å²) in [7, 11) is 0. The third kappa shape index (κ3) is 5.65. The highest BCUT2D eigenvalue weighted by molar-refractivity contribution is 5.18. The summed E-state index contributed by atoms with van der Waals surface area (Å²) in [5.41, 5.74) is 1.06. The highest BCUT2D eigenvalue weighted by atomic mass is 16.3. The Morgan fingerprint density at radius 3 is 2.00 bits per heavy atom. The maximum Gasteiger partial charge on any atom is 0.0819 e. The highest BCUT2D eigenvalue weighted by Gasteiger charge is 2.22. The lowest BCUT2D eigenvalue weighted by atomic mass is 9.88. The normalized spacial score (nSPS) is 16.7. The Hall–Kier alpha value is -0.860. The van der Waals surface area contributed by atoms with Crippen molar-refractivity contribution in [2.45, 2.75) is 46.6 Å². The SMILES string of the molecule is CC.CC.OC(c1ccccc1)C1CCNCC1. The van der Waals surface area contributed by atoms with Gasteiger partial charge in [0.1, 0.15) is 0 Å². The summed E-state index contributed by atoms with van der Waals surface area (Å²) in [5, 5.41) is 13.4. The van der Waals surface area contributed by atoms with Gasteiger partial charge in [-0.1, -0.05) is 58.0 Å². The maximum atomic E-state index is 10.1. The van der Waals surface area contributed by atoms with Crippen molar-refractivity contribution in [3.8, 4) is 0 Å². The first-order valence-electron chi connectivity index (χ1n) is 7.31. The van der Waals surface area contributed by atoms with E-state index in [2.05, 4.69) is 5.32 Å². The van der Waals surface area contributed by atoms with Crippen LogP contribution >= 0.6 is 0 Å². The maximum absolute atomic E-state index is 10.1. The molecule has 2 N–H and O–H groups in total. The fraction of sp³-hybridized carbons (Fsp3) is 0.625. The van der Waals surface area contributed by atoms with Gasteiger partial charge in [0.05, 0.1) is 6.10 Å². The molecule has 1 fully saturated rings. The standard InChI is InChI=1S/C12H17NO.2C2H6/c14-12(10-4-2-1-3-5-10)11-6-8-13-9-7-11;2*1-2/h1-5,11-14H,6-9H2;2*1-2H3. The van der Waals surface area contributed by atoms with Gasteiger partial charge in [0.2, 0.25) is 0 Å². The number of benzene rings is 1. The van der Waals surface area contributed by atoms with E-state index in [1.807, 2.05) is 58.0 Å². The number of aliphatic hydroxyl groups is 1. The molecule has 2 heteroatoms. The lowest BCUT2D eigenvalue weighted by Crippen LogP contribution is -2.30. The van der Waals surface area contributed by atoms with Crippen LogP contribution < -0.4 is 5.32 Å². The van der Waals surface area contributed by atoms with E-state index in [1.165, 1.54) is 0 Å². The van der Waals surface area contributed by atoms with E-state index in [1.54, 1.807) is 0 Å². The second-order valence-electron chi connectivity index (χ2n) is 3.94. The molecular formula is C16H29NO. The predicted octanol–water partition coefficient (Wildman–Crippen LogP) is 3.77. The van der Waals surface area contributed by atoms with Crippen molar-refractivity contribution in [2.75, 3.05) is 13.1 Å². The number of nitrogens with one attached hydrogen (secondary N) is 1. The zero-order valence-electron chi connectivity index (χ0n) is 12.3. The Balaban J connectivity index is 0.000000659. The van der Waals surface area contributed by atoms with Crippen LogP contribution in [0.4, 0.5) is 0 Å². The molecule has 1 aromatic carbocycles. The van der Waals surface area contributed by atoms with Gasteiger partial charge in [-0.15, -0.1) is 0 Å². The Morgan fingerprint density at radius 2 is 1.50 bits per heavy atom. The summed E-state index contributed by atoms with van der Waals surface area (Å²) < 4.78 is 0. The van der Waals surface area contributed by atoms with Gasteiger partial charge in [-0.25, -0.2) is 0 Å². The minimum atomic E-state index is -0.279. The lowest BCUT2D eigenvalue weighted by Gasteiger charge is -2.27. The molecular weight excluding hydrogens is 222 g/mol. The van der Waals surface area contributed by atoms with Gasteiger partial charge in [0.15, 0.2) is 0 Å². The van der Waals surface area contributed by atoms with Gasteiger partial charge in [-0.3, -0.25) is 0 Å². The molecule has 1 aliphatic rings. The summed E-state index contributed by atoms with van der Waals surface area (Å²) in [6.45, 7) is 10.1. The molecule has 0 amide bonds. The van der Waals surface area contributed by atoms with E-state index in [9.17, 15) is 5.11 Å². The van der Waals surface area contributed by atoms with Crippen molar-refractivity contribution in [1.29, 1.82) is 0 Å². The van der Waals surface area contributed by atoms with Gasteiger partial charge in [-0.2, -0.15) is 0 Å². The van der Waals surface area contributed by atoms with Crippen LogP contribution in [0.3, 0.4) is 0 Å². The Labute approximate surface area is 112 Å². The summed E-state index contributed by atoms with van der Waals surface area (Å²) >= 11 is 0. The van der Waals surface area contributed by atoms with Gasteiger partial charge < -0.3 is 10.4 Å². The van der Waals surface area contributed by atoms with Crippen molar-refractivity contribution in [3.63, 3.8) is 0 Å². The van der Waals surface area contributed by atoms with Gasteiger partial charge in [-0.05, 0) is 37.4 Å². The van der Waals surface area contributed by atoms with Crippen LogP contribution in [-0.2, 0) is 0 Å². The number of hydrogen-bond acceptors (Lipinski definition) is 2. The lowest BCUT2D eigenvalue weighted by molar-refractivity contribution is 0.0889. The quantitative estimate of drug-likeness (QED) is 0.838. The molecule has 2 rings (SSSR count). The molecule has 0 saturated carbocycles. The van der Waals surface area contributed by atoms with Crippen molar-refractivity contribution >= 4 is 0 Å². The van der Waals surface area contributed by atoms with Crippen LogP contribution in [0.15, 0.2) is 30.3 Å². The second-order valence-corrected chi connectivity index (χ2v) is 3.94. The fourth-order valence-electron chi connectivity index (χ4n) is 2.08. The van der Waals surface area contributed by atoms with Crippen LogP contribution in [0.2, 0.25) is 0 Å². The predicted molar refractivity (Wildman–Crippen MR) is 79.7 cm³/mol. The molecule has 1 unspecified atom stereocenters. The van der Waals surface area contributed by atoms with E-state index in [0.29, 0.717) is 5.92 Å². The number of hydrogen-bond donors (Lipinski definition) is 2. The minimum Gasteiger partial charge on any atom is -0.388 e. The molecule has 2 nitrogen and oxygen atoms in total. The van der Waals surface area contributed by atoms with E-state index in [4.69, 9.17) is 0 Å². The number of piperidine rings is 1. The fourth-order valence-corrected chi connectivity index (χ4v) is 2.08. The molecule has 1 saturated heterocycles. The first-order valence-corrected chi connectivity index (χ1v) is 7.31. The van der Waals surface area contributed by atoms with Crippen LogP contribution in [-0.4, -0.2) is 18.2 Å². The van der Waals surface area contributed by atoms with Crippen molar-refractivity contribution in [2.24, 2.45) is 5.92 Å². The molecule has 0 bridgehead atoms. The molecule has 104 valence electrons. The zero-order chi connectivity index (χ0) is 13.8. The minimum absolute atomic E-state index is 0.279. The van der Waals surface area contributed by atoms with Gasteiger partial charge in [0.25, 0.3) is 0 Å². The Kier molecular flexibility index (Phi) is 10.7. The molecule has 0 aliphatic carbocycles. The average molecular weight is 251 g/mol. The topological polar surface area (TPSA) is 32.3 Å². The van der Waals surface area contributed by atoms with Crippen molar-refractivity contribution in [1.82, 2.24) is 5.32 Å². The smallest absolute Gasteiger partial charge is 0.0819 e. The Morgan fingerprint density at radius 1 is 1.00 bits per heavy atom. The third-order valence-electron chi connectivity index (χ3n) is 2.97. The largest absolute Gasteiger partial charge is 0.388 e. The van der Waals surface area contributed by atoms with E-state index in [0.717, 1.165) is 31.5 Å².